The van der Waals surface area contributed by atoms with Gasteiger partial charge in [0, 0.05) is 42.9 Å². The van der Waals surface area contributed by atoms with Gasteiger partial charge in [-0.05, 0) is 100 Å². The van der Waals surface area contributed by atoms with Crippen molar-refractivity contribution in [3.63, 3.8) is 0 Å². The number of methoxy groups -OCH3 is 1. The zero-order valence-electron chi connectivity index (χ0n) is 28.4. The number of carbonyl (C=O) groups excluding carboxylic acids is 1. The summed E-state index contributed by atoms with van der Waals surface area (Å²) in [6.07, 6.45) is 2.08. The third-order valence-corrected chi connectivity index (χ3v) is 10.2. The van der Waals surface area contributed by atoms with Crippen molar-refractivity contribution in [2.75, 3.05) is 45.2 Å². The SMILES string of the molecule is COc1ccc(CN(C)C[C@@H]2OCCCC[C@@H](C)Oc3ccc(NS(=O)(=O)c4ccc(Cl)cc4)cc3C(=O)N([C@@H](C)CO)C[C@H]2C)cc1. The van der Waals surface area contributed by atoms with Crippen molar-refractivity contribution >= 4 is 33.2 Å². The maximum Gasteiger partial charge on any atom is 0.261 e. The number of aliphatic hydroxyl groups excluding tert-OH is 1. The van der Waals surface area contributed by atoms with Crippen LogP contribution in [-0.2, 0) is 21.3 Å². The molecule has 3 aromatic rings. The summed E-state index contributed by atoms with van der Waals surface area (Å²) >= 11 is 5.96. The second kappa shape index (κ2) is 17.3. The summed E-state index contributed by atoms with van der Waals surface area (Å²) in [5.41, 5.74) is 1.56. The molecule has 3 aromatic carbocycles. The highest BCUT2D eigenvalue weighted by molar-refractivity contribution is 7.92. The first kappa shape index (κ1) is 37.5. The molecule has 0 saturated heterocycles. The van der Waals surface area contributed by atoms with Crippen LogP contribution in [0.3, 0.4) is 0 Å². The van der Waals surface area contributed by atoms with Gasteiger partial charge in [0.15, 0.2) is 0 Å². The molecule has 0 fully saturated rings. The van der Waals surface area contributed by atoms with E-state index < -0.39 is 16.1 Å². The Morgan fingerprint density at radius 1 is 1.08 bits per heavy atom. The monoisotopic (exact) mass is 701 g/mol. The van der Waals surface area contributed by atoms with Gasteiger partial charge in [-0.3, -0.25) is 14.4 Å². The van der Waals surface area contributed by atoms with Crippen LogP contribution >= 0.6 is 11.6 Å². The Morgan fingerprint density at radius 3 is 2.46 bits per heavy atom. The number of fused-ring (bicyclic) bond motifs is 1. The lowest BCUT2D eigenvalue weighted by Crippen LogP contribution is -2.47. The Kier molecular flexibility index (Phi) is 13.5. The molecule has 0 radical (unpaired) electrons. The van der Waals surface area contributed by atoms with E-state index >= 15 is 0 Å². The summed E-state index contributed by atoms with van der Waals surface area (Å²) < 4.78 is 47.0. The Balaban J connectivity index is 1.62. The lowest BCUT2D eigenvalue weighted by atomic mass is 10.0. The molecule has 0 unspecified atom stereocenters. The number of benzene rings is 3. The number of aliphatic hydroxyl groups is 1. The average molecular weight is 702 g/mol. The first-order chi connectivity index (χ1) is 22.9. The highest BCUT2D eigenvalue weighted by Gasteiger charge is 2.30. The average Bonchev–Trinajstić information content (AvgIpc) is 3.06. The molecule has 1 heterocycles. The summed E-state index contributed by atoms with van der Waals surface area (Å²) in [5.74, 6) is 0.688. The Bertz CT molecular complexity index is 1590. The van der Waals surface area contributed by atoms with Gasteiger partial charge in [-0.1, -0.05) is 30.7 Å². The van der Waals surface area contributed by atoms with E-state index in [9.17, 15) is 18.3 Å². The molecule has 262 valence electrons. The number of sulfonamides is 1. The third kappa shape index (κ3) is 10.3. The lowest BCUT2D eigenvalue weighted by Gasteiger charge is -2.36. The van der Waals surface area contributed by atoms with E-state index in [2.05, 4.69) is 16.5 Å². The number of hydrogen-bond donors (Lipinski definition) is 2. The molecule has 1 amide bonds. The van der Waals surface area contributed by atoms with Gasteiger partial charge >= 0.3 is 0 Å². The minimum atomic E-state index is -3.96. The number of amides is 1. The minimum absolute atomic E-state index is 0.0375. The predicted molar refractivity (Wildman–Crippen MR) is 188 cm³/mol. The molecule has 0 saturated carbocycles. The second-order valence-electron chi connectivity index (χ2n) is 12.6. The highest BCUT2D eigenvalue weighted by Crippen LogP contribution is 2.30. The molecule has 1 aliphatic rings. The topological polar surface area (TPSA) is 118 Å². The first-order valence-electron chi connectivity index (χ1n) is 16.3. The summed E-state index contributed by atoms with van der Waals surface area (Å²) in [6, 6.07) is 18.0. The number of hydrogen-bond acceptors (Lipinski definition) is 8. The summed E-state index contributed by atoms with van der Waals surface area (Å²) in [4.78, 5) is 18.3. The van der Waals surface area contributed by atoms with Crippen LogP contribution < -0.4 is 14.2 Å². The maximum atomic E-state index is 14.4. The molecule has 48 heavy (non-hydrogen) atoms. The van der Waals surface area contributed by atoms with Crippen molar-refractivity contribution in [1.29, 1.82) is 0 Å². The Morgan fingerprint density at radius 2 is 1.79 bits per heavy atom. The molecule has 0 aliphatic carbocycles. The summed E-state index contributed by atoms with van der Waals surface area (Å²) in [6.45, 7) is 7.77. The van der Waals surface area contributed by atoms with E-state index in [0.717, 1.165) is 30.6 Å². The smallest absolute Gasteiger partial charge is 0.261 e. The van der Waals surface area contributed by atoms with Crippen molar-refractivity contribution in [3.05, 3.63) is 82.9 Å². The van der Waals surface area contributed by atoms with Gasteiger partial charge in [0.2, 0.25) is 0 Å². The number of halogens is 1. The molecule has 0 spiro atoms. The van der Waals surface area contributed by atoms with E-state index in [1.165, 1.54) is 30.3 Å². The number of carbonyl (C=O) groups is 1. The molecule has 0 bridgehead atoms. The maximum absolute atomic E-state index is 14.4. The molecule has 0 aromatic heterocycles. The van der Waals surface area contributed by atoms with Gasteiger partial charge in [-0.25, -0.2) is 8.42 Å². The van der Waals surface area contributed by atoms with Gasteiger partial charge in [0.25, 0.3) is 15.9 Å². The van der Waals surface area contributed by atoms with E-state index in [-0.39, 0.29) is 46.8 Å². The van der Waals surface area contributed by atoms with E-state index in [1.807, 2.05) is 38.2 Å². The Labute approximate surface area is 290 Å². The predicted octanol–water partition coefficient (Wildman–Crippen LogP) is 6.08. The van der Waals surface area contributed by atoms with E-state index in [0.29, 0.717) is 37.0 Å². The molecular formula is C36H48ClN3O7S. The highest BCUT2D eigenvalue weighted by atomic mass is 35.5. The molecule has 1 aliphatic heterocycles. The van der Waals surface area contributed by atoms with Crippen LogP contribution in [0.2, 0.25) is 5.02 Å². The van der Waals surface area contributed by atoms with Gasteiger partial charge in [0.1, 0.15) is 11.5 Å². The minimum Gasteiger partial charge on any atom is -0.497 e. The van der Waals surface area contributed by atoms with Gasteiger partial charge in [-0.2, -0.15) is 0 Å². The van der Waals surface area contributed by atoms with Crippen LogP contribution in [0.4, 0.5) is 5.69 Å². The van der Waals surface area contributed by atoms with Crippen LogP contribution in [0, 0.1) is 5.92 Å². The number of rotatable bonds is 10. The molecular weight excluding hydrogens is 654 g/mol. The van der Waals surface area contributed by atoms with Gasteiger partial charge < -0.3 is 24.2 Å². The van der Waals surface area contributed by atoms with Gasteiger partial charge in [-0.15, -0.1) is 0 Å². The molecule has 4 rings (SSSR count). The fraction of sp³-hybridized carbons (Fsp3) is 0.472. The van der Waals surface area contributed by atoms with Crippen LogP contribution in [-0.4, -0.2) is 87.9 Å². The van der Waals surface area contributed by atoms with Crippen molar-refractivity contribution in [2.45, 2.75) is 69.7 Å². The summed E-state index contributed by atoms with van der Waals surface area (Å²) in [7, 11) is -0.268. The van der Waals surface area contributed by atoms with Crippen LogP contribution in [0.5, 0.6) is 11.5 Å². The first-order valence-corrected chi connectivity index (χ1v) is 18.2. The number of likely N-dealkylation sites (N-methyl/N-ethyl adjacent to an activating group) is 1. The number of anilines is 1. The van der Waals surface area contributed by atoms with E-state index in [1.54, 1.807) is 31.1 Å². The molecule has 2 N–H and O–H groups in total. The molecule has 4 atom stereocenters. The van der Waals surface area contributed by atoms with Crippen LogP contribution in [0.25, 0.3) is 0 Å². The largest absolute Gasteiger partial charge is 0.497 e. The molecule has 10 nitrogen and oxygen atoms in total. The van der Waals surface area contributed by atoms with Crippen LogP contribution in [0.15, 0.2) is 71.6 Å². The third-order valence-electron chi connectivity index (χ3n) is 8.53. The van der Waals surface area contributed by atoms with Crippen molar-refractivity contribution in [2.24, 2.45) is 5.92 Å². The number of nitrogens with one attached hydrogen (secondary N) is 1. The fourth-order valence-electron chi connectivity index (χ4n) is 5.69. The van der Waals surface area contributed by atoms with Crippen LogP contribution in [0.1, 0.15) is 56.0 Å². The second-order valence-corrected chi connectivity index (χ2v) is 14.7. The fourth-order valence-corrected chi connectivity index (χ4v) is 6.87. The molecule has 12 heteroatoms. The number of nitrogens with zero attached hydrogens (tertiary/aromatic N) is 2. The van der Waals surface area contributed by atoms with Crippen molar-refractivity contribution in [3.8, 4) is 11.5 Å². The zero-order valence-corrected chi connectivity index (χ0v) is 30.0. The zero-order chi connectivity index (χ0) is 34.8. The lowest BCUT2D eigenvalue weighted by molar-refractivity contribution is -0.0177. The quantitative estimate of drug-likeness (QED) is 0.262. The van der Waals surface area contributed by atoms with Crippen molar-refractivity contribution < 1.29 is 32.5 Å². The number of ether oxygens (including phenoxy) is 3. The summed E-state index contributed by atoms with van der Waals surface area (Å²) in [5, 5.41) is 10.7. The van der Waals surface area contributed by atoms with Gasteiger partial charge in [0.05, 0.1) is 42.4 Å². The van der Waals surface area contributed by atoms with Crippen molar-refractivity contribution in [1.82, 2.24) is 9.80 Å². The Hall–Kier alpha value is -3.35. The normalized spacial score (nSPS) is 20.4. The standard InChI is InChI=1S/C36H48ClN3O7S/c1-25-21-40(26(2)24-41)36(42)33-20-30(38-48(43,44)32-16-11-29(37)12-17-32)13-18-34(33)47-27(3)8-6-7-19-46-35(25)23-39(4)22-28-9-14-31(45-5)15-10-28/h9-18,20,25-27,35,38,41H,6-8,19,21-24H2,1-5H3/t25-,26+,27-,35+/m1/s1. The van der Waals surface area contributed by atoms with E-state index in [4.69, 9.17) is 25.8 Å².